The van der Waals surface area contributed by atoms with E-state index in [0.717, 1.165) is 16.7 Å². The number of furan rings is 1. The molecule has 0 N–H and O–H groups in total. The topological polar surface area (TPSA) is 60.9 Å². The van der Waals surface area contributed by atoms with Crippen molar-refractivity contribution in [2.24, 2.45) is 7.05 Å². The molecule has 0 bridgehead atoms. The third kappa shape index (κ3) is 3.14. The van der Waals surface area contributed by atoms with Crippen LogP contribution in [-0.2, 0) is 7.05 Å². The number of ketones is 1. The van der Waals surface area contributed by atoms with Crippen molar-refractivity contribution < 1.29 is 9.21 Å². The minimum atomic E-state index is -0.252. The number of aryl methyl sites for hydroxylation is 2. The summed E-state index contributed by atoms with van der Waals surface area (Å²) in [6.45, 7) is 5.85. The average Bonchev–Trinajstić information content (AvgIpc) is 3.20. The van der Waals surface area contributed by atoms with Gasteiger partial charge in [-0.05, 0) is 44.5 Å². The molecule has 3 rings (SSSR count). The maximum absolute atomic E-state index is 12.8. The van der Waals surface area contributed by atoms with Gasteiger partial charge >= 0.3 is 0 Å². The van der Waals surface area contributed by atoms with Crippen molar-refractivity contribution >= 4 is 17.5 Å². The maximum atomic E-state index is 12.8. The first kappa shape index (κ1) is 16.5. The average molecular weight is 341 g/mol. The number of aromatic nitrogens is 3. The van der Waals surface area contributed by atoms with Crippen LogP contribution in [0, 0.1) is 13.8 Å². The quantitative estimate of drug-likeness (QED) is 0.517. The van der Waals surface area contributed by atoms with Gasteiger partial charge in [-0.25, -0.2) is 0 Å². The summed E-state index contributed by atoms with van der Waals surface area (Å²) in [6.07, 6.45) is 1.60. The minimum absolute atomic E-state index is 0.101. The highest BCUT2D eigenvalue weighted by Gasteiger charge is 2.22. The van der Waals surface area contributed by atoms with Crippen molar-refractivity contribution in [2.75, 3.05) is 0 Å². The Hall–Kier alpha value is -2.34. The number of carbonyl (C=O) groups is 1. The molecule has 0 aliphatic rings. The minimum Gasteiger partial charge on any atom is -0.461 e. The summed E-state index contributed by atoms with van der Waals surface area (Å²) < 4.78 is 7.21. The van der Waals surface area contributed by atoms with E-state index in [-0.39, 0.29) is 11.0 Å². The summed E-state index contributed by atoms with van der Waals surface area (Å²) >= 11 is 1.40. The van der Waals surface area contributed by atoms with Gasteiger partial charge in [-0.1, -0.05) is 29.5 Å². The van der Waals surface area contributed by atoms with Gasteiger partial charge in [0.2, 0.25) is 0 Å². The summed E-state index contributed by atoms with van der Waals surface area (Å²) in [5.41, 5.74) is 2.84. The van der Waals surface area contributed by atoms with Gasteiger partial charge in [0.05, 0.1) is 11.5 Å². The molecule has 0 unspecified atom stereocenters. The third-order valence-electron chi connectivity index (χ3n) is 3.89. The van der Waals surface area contributed by atoms with Crippen LogP contribution in [0.15, 0.2) is 46.2 Å². The molecule has 0 spiro atoms. The smallest absolute Gasteiger partial charge is 0.200 e. The predicted octanol–water partition coefficient (Wildman–Crippen LogP) is 4.06. The van der Waals surface area contributed by atoms with Crippen LogP contribution in [-0.4, -0.2) is 25.8 Å². The Labute approximate surface area is 145 Å². The number of hydrogen-bond acceptors (Lipinski definition) is 5. The number of hydrogen-bond donors (Lipinski definition) is 0. The van der Waals surface area contributed by atoms with Crippen LogP contribution >= 0.6 is 11.8 Å². The molecule has 5 nitrogen and oxygen atoms in total. The monoisotopic (exact) mass is 341 g/mol. The normalized spacial score (nSPS) is 12.3. The first-order chi connectivity index (χ1) is 11.5. The SMILES string of the molecule is Cc1ccc(C)c(C(=O)[C@@H](C)Sc2nnc(-c3ccco3)n2C)c1. The van der Waals surface area contributed by atoms with Gasteiger partial charge in [-0.2, -0.15) is 0 Å². The lowest BCUT2D eigenvalue weighted by Gasteiger charge is -2.12. The van der Waals surface area contributed by atoms with Crippen LogP contribution < -0.4 is 0 Å². The Morgan fingerprint density at radius 2 is 2.04 bits per heavy atom. The summed E-state index contributed by atoms with van der Waals surface area (Å²) in [4.78, 5) is 12.8. The largest absolute Gasteiger partial charge is 0.461 e. The summed E-state index contributed by atoms with van der Waals surface area (Å²) in [6, 6.07) is 9.59. The van der Waals surface area contributed by atoms with Crippen molar-refractivity contribution in [3.8, 4) is 11.6 Å². The molecule has 0 aliphatic carbocycles. The summed E-state index contributed by atoms with van der Waals surface area (Å²) in [5, 5.41) is 8.79. The van der Waals surface area contributed by atoms with Gasteiger partial charge in [-0.15, -0.1) is 10.2 Å². The molecule has 124 valence electrons. The molecule has 1 atom stereocenters. The maximum Gasteiger partial charge on any atom is 0.200 e. The summed E-state index contributed by atoms with van der Waals surface area (Å²) in [7, 11) is 1.87. The molecule has 0 radical (unpaired) electrons. The van der Waals surface area contributed by atoms with Gasteiger partial charge < -0.3 is 8.98 Å². The molecule has 0 aliphatic heterocycles. The highest BCUT2D eigenvalue weighted by molar-refractivity contribution is 8.00. The van der Waals surface area contributed by atoms with E-state index >= 15 is 0 Å². The molecule has 2 aromatic heterocycles. The van der Waals surface area contributed by atoms with Gasteiger partial charge in [0.1, 0.15) is 0 Å². The van der Waals surface area contributed by atoms with E-state index in [1.165, 1.54) is 11.8 Å². The van der Waals surface area contributed by atoms with Gasteiger partial charge in [0.15, 0.2) is 22.5 Å². The zero-order valence-electron chi connectivity index (χ0n) is 14.1. The molecule has 0 fully saturated rings. The number of rotatable bonds is 5. The van der Waals surface area contributed by atoms with E-state index in [1.807, 2.05) is 62.7 Å². The lowest BCUT2D eigenvalue weighted by Crippen LogP contribution is -2.16. The van der Waals surface area contributed by atoms with Gasteiger partial charge in [0, 0.05) is 12.6 Å². The van der Waals surface area contributed by atoms with E-state index in [9.17, 15) is 4.79 Å². The van der Waals surface area contributed by atoms with Gasteiger partial charge in [-0.3, -0.25) is 4.79 Å². The number of carbonyl (C=O) groups excluding carboxylic acids is 1. The standard InChI is InChI=1S/C18H19N3O2S/c1-11-7-8-12(2)14(10-11)16(22)13(3)24-18-20-19-17(21(18)4)15-6-5-9-23-15/h5-10,13H,1-4H3/t13-/m1/s1. The Morgan fingerprint density at radius 3 is 2.75 bits per heavy atom. The van der Waals surface area contributed by atoms with Crippen LogP contribution in [0.4, 0.5) is 0 Å². The molecular formula is C18H19N3O2S. The van der Waals surface area contributed by atoms with Crippen LogP contribution in [0.3, 0.4) is 0 Å². The number of Topliss-reactive ketones (excluding diaryl/α,β-unsaturated/α-hetero) is 1. The molecule has 24 heavy (non-hydrogen) atoms. The zero-order valence-corrected chi connectivity index (χ0v) is 14.9. The van der Waals surface area contributed by atoms with E-state index in [1.54, 1.807) is 6.26 Å². The second kappa shape index (κ2) is 6.65. The van der Waals surface area contributed by atoms with Crippen LogP contribution in [0.5, 0.6) is 0 Å². The summed E-state index contributed by atoms with van der Waals surface area (Å²) in [5.74, 6) is 1.41. The first-order valence-electron chi connectivity index (χ1n) is 7.68. The van der Waals surface area contributed by atoms with Crippen molar-refractivity contribution in [1.29, 1.82) is 0 Å². The highest BCUT2D eigenvalue weighted by Crippen LogP contribution is 2.28. The Balaban J connectivity index is 1.81. The number of thioether (sulfide) groups is 1. The Bertz CT molecular complexity index is 869. The second-order valence-electron chi connectivity index (χ2n) is 5.79. The van der Waals surface area contributed by atoms with Crippen molar-refractivity contribution in [3.05, 3.63) is 53.3 Å². The molecular weight excluding hydrogens is 322 g/mol. The molecule has 1 aromatic carbocycles. The fraction of sp³-hybridized carbons (Fsp3) is 0.278. The molecule has 0 saturated heterocycles. The lowest BCUT2D eigenvalue weighted by atomic mass is 10.0. The van der Waals surface area contributed by atoms with Crippen molar-refractivity contribution in [3.63, 3.8) is 0 Å². The lowest BCUT2D eigenvalue weighted by molar-refractivity contribution is 0.0993. The predicted molar refractivity (Wildman–Crippen MR) is 94.3 cm³/mol. The number of nitrogens with zero attached hydrogens (tertiary/aromatic N) is 3. The number of benzene rings is 1. The van der Waals surface area contributed by atoms with Crippen LogP contribution in [0.2, 0.25) is 0 Å². The first-order valence-corrected chi connectivity index (χ1v) is 8.56. The molecule has 0 amide bonds. The molecule has 6 heteroatoms. The van der Waals surface area contributed by atoms with Gasteiger partial charge in [0.25, 0.3) is 0 Å². The van der Waals surface area contributed by atoms with E-state index < -0.39 is 0 Å². The Morgan fingerprint density at radius 1 is 1.25 bits per heavy atom. The van der Waals surface area contributed by atoms with E-state index in [2.05, 4.69) is 10.2 Å². The fourth-order valence-corrected chi connectivity index (χ4v) is 3.35. The Kier molecular flexibility index (Phi) is 4.57. The third-order valence-corrected chi connectivity index (χ3v) is 5.02. The zero-order chi connectivity index (χ0) is 17.3. The van der Waals surface area contributed by atoms with Crippen molar-refractivity contribution in [1.82, 2.24) is 14.8 Å². The van der Waals surface area contributed by atoms with Crippen LogP contribution in [0.25, 0.3) is 11.6 Å². The van der Waals surface area contributed by atoms with Crippen molar-refractivity contribution in [2.45, 2.75) is 31.2 Å². The fourth-order valence-electron chi connectivity index (χ4n) is 2.47. The molecule has 3 aromatic rings. The highest BCUT2D eigenvalue weighted by atomic mass is 32.2. The van der Waals surface area contributed by atoms with E-state index in [0.29, 0.717) is 16.7 Å². The molecule has 0 saturated carbocycles. The van der Waals surface area contributed by atoms with Crippen LogP contribution in [0.1, 0.15) is 28.4 Å². The van der Waals surface area contributed by atoms with E-state index in [4.69, 9.17) is 4.42 Å². The molecule has 2 heterocycles. The second-order valence-corrected chi connectivity index (χ2v) is 7.09.